The fraction of sp³-hybridized carbons (Fsp3) is 0.630. The normalized spacial score (nSPS) is 17.4. The van der Waals surface area contributed by atoms with Crippen LogP contribution in [0, 0.1) is 0 Å². The lowest BCUT2D eigenvalue weighted by Crippen LogP contribution is -2.52. The van der Waals surface area contributed by atoms with Crippen LogP contribution in [0.3, 0.4) is 0 Å². The number of fused-ring (bicyclic) bond motifs is 1. The number of amides is 3. The maximum atomic E-state index is 12.9. The van der Waals surface area contributed by atoms with E-state index in [0.29, 0.717) is 24.9 Å². The van der Waals surface area contributed by atoms with Gasteiger partial charge in [0.25, 0.3) is 5.91 Å². The first-order valence-electron chi connectivity index (χ1n) is 13.2. The number of carboxylic acids is 1. The summed E-state index contributed by atoms with van der Waals surface area (Å²) in [7, 11) is 0. The second-order valence-corrected chi connectivity index (χ2v) is 9.69. The molecule has 0 aliphatic carbocycles. The molecular formula is C27H39N3O5. The van der Waals surface area contributed by atoms with Crippen molar-refractivity contribution in [2.75, 3.05) is 11.9 Å². The molecule has 2 aliphatic rings. The van der Waals surface area contributed by atoms with Gasteiger partial charge < -0.3 is 15.3 Å². The van der Waals surface area contributed by atoms with Crippen molar-refractivity contribution in [3.8, 4) is 0 Å². The topological polar surface area (TPSA) is 116 Å². The van der Waals surface area contributed by atoms with E-state index in [0.717, 1.165) is 43.5 Å². The number of imide groups is 1. The van der Waals surface area contributed by atoms with Gasteiger partial charge in [-0.1, -0.05) is 63.9 Å². The minimum Gasteiger partial charge on any atom is -0.481 e. The first kappa shape index (κ1) is 26.7. The van der Waals surface area contributed by atoms with E-state index in [1.165, 1.54) is 44.9 Å². The number of nitrogens with one attached hydrogen (secondary N) is 2. The van der Waals surface area contributed by atoms with Gasteiger partial charge in [-0.2, -0.15) is 0 Å². The second-order valence-electron chi connectivity index (χ2n) is 9.69. The average molecular weight is 486 g/mol. The first-order chi connectivity index (χ1) is 17.0. The largest absolute Gasteiger partial charge is 0.481 e. The highest BCUT2D eigenvalue weighted by Gasteiger charge is 2.39. The zero-order chi connectivity index (χ0) is 25.0. The molecule has 192 valence electrons. The number of hydrogen-bond donors (Lipinski definition) is 3. The summed E-state index contributed by atoms with van der Waals surface area (Å²) < 4.78 is 0. The summed E-state index contributed by atoms with van der Waals surface area (Å²) in [5.41, 5.74) is 2.53. The minimum atomic E-state index is -0.695. The van der Waals surface area contributed by atoms with Crippen molar-refractivity contribution in [2.24, 2.45) is 0 Å². The lowest BCUT2D eigenvalue weighted by molar-refractivity contribution is -0.138. The van der Waals surface area contributed by atoms with Crippen LogP contribution >= 0.6 is 0 Å². The van der Waals surface area contributed by atoms with E-state index in [1.54, 1.807) is 4.90 Å². The highest BCUT2D eigenvalue weighted by molar-refractivity contribution is 6.06. The Morgan fingerprint density at radius 2 is 1.57 bits per heavy atom. The number of carboxylic acid groups (broad SMARTS) is 1. The Morgan fingerprint density at radius 1 is 0.943 bits per heavy atom. The van der Waals surface area contributed by atoms with Gasteiger partial charge in [0.1, 0.15) is 6.04 Å². The predicted molar refractivity (Wildman–Crippen MR) is 134 cm³/mol. The molecule has 0 saturated carbocycles. The monoisotopic (exact) mass is 485 g/mol. The molecule has 1 saturated heterocycles. The molecule has 1 unspecified atom stereocenters. The standard InChI is InChI=1S/C27H39N3O5/c31-24-17-16-23(26(34)29-24)30-19-21-20(27(30)35)13-12-14-22(21)28-18-11-9-7-5-3-1-2-4-6-8-10-15-25(32)33/h12-14,23,28H,1-11,15-19H2,(H,32,33)(H,29,31,34). The van der Waals surface area contributed by atoms with Crippen molar-refractivity contribution >= 4 is 29.4 Å². The van der Waals surface area contributed by atoms with Crippen LogP contribution in [-0.4, -0.2) is 46.3 Å². The molecule has 3 amide bonds. The summed E-state index contributed by atoms with van der Waals surface area (Å²) in [5.74, 6) is -1.49. The highest BCUT2D eigenvalue weighted by Crippen LogP contribution is 2.32. The molecule has 0 aromatic heterocycles. The van der Waals surface area contributed by atoms with E-state index < -0.39 is 12.0 Å². The van der Waals surface area contributed by atoms with Crippen LogP contribution < -0.4 is 10.6 Å². The number of carbonyl (C=O) groups excluding carboxylic acids is 3. The molecule has 8 nitrogen and oxygen atoms in total. The smallest absolute Gasteiger partial charge is 0.303 e. The lowest BCUT2D eigenvalue weighted by atomic mass is 10.0. The van der Waals surface area contributed by atoms with E-state index >= 15 is 0 Å². The number of benzene rings is 1. The molecule has 0 radical (unpaired) electrons. The van der Waals surface area contributed by atoms with Crippen molar-refractivity contribution in [1.29, 1.82) is 0 Å². The number of rotatable bonds is 16. The Balaban J connectivity index is 1.28. The van der Waals surface area contributed by atoms with Gasteiger partial charge in [-0.15, -0.1) is 0 Å². The van der Waals surface area contributed by atoms with Gasteiger partial charge in [0.15, 0.2) is 0 Å². The van der Waals surface area contributed by atoms with Crippen molar-refractivity contribution in [3.63, 3.8) is 0 Å². The number of piperidine rings is 1. The first-order valence-corrected chi connectivity index (χ1v) is 13.2. The number of nitrogens with zero attached hydrogens (tertiary/aromatic N) is 1. The highest BCUT2D eigenvalue weighted by atomic mass is 16.4. The van der Waals surface area contributed by atoms with Crippen LogP contribution in [0.25, 0.3) is 0 Å². The van der Waals surface area contributed by atoms with Crippen LogP contribution in [0.4, 0.5) is 5.69 Å². The van der Waals surface area contributed by atoms with Gasteiger partial charge in [0.2, 0.25) is 11.8 Å². The SMILES string of the molecule is O=C(O)CCCCCCCCCCCCCNc1cccc2c1CN(C1CCC(=O)NC1=O)C2=O. The Labute approximate surface area is 207 Å². The van der Waals surface area contributed by atoms with Crippen molar-refractivity contribution < 1.29 is 24.3 Å². The molecule has 1 aromatic carbocycles. The molecule has 8 heteroatoms. The molecule has 2 heterocycles. The molecular weight excluding hydrogens is 446 g/mol. The summed E-state index contributed by atoms with van der Waals surface area (Å²) in [4.78, 5) is 48.7. The van der Waals surface area contributed by atoms with E-state index in [2.05, 4.69) is 10.6 Å². The summed E-state index contributed by atoms with van der Waals surface area (Å²) >= 11 is 0. The Bertz CT molecular complexity index is 901. The number of hydrogen-bond acceptors (Lipinski definition) is 5. The Hall–Kier alpha value is -2.90. The van der Waals surface area contributed by atoms with Crippen LogP contribution in [0.5, 0.6) is 0 Å². The molecule has 3 N–H and O–H groups in total. The predicted octanol–water partition coefficient (Wildman–Crippen LogP) is 4.63. The third-order valence-electron chi connectivity index (χ3n) is 6.96. The van der Waals surface area contributed by atoms with Crippen LogP contribution in [0.1, 0.15) is 106 Å². The van der Waals surface area contributed by atoms with E-state index in [-0.39, 0.29) is 24.1 Å². The summed E-state index contributed by atoms with van der Waals surface area (Å²) in [6, 6.07) is 5.09. The Kier molecular flexibility index (Phi) is 10.6. The van der Waals surface area contributed by atoms with Crippen molar-refractivity contribution in [1.82, 2.24) is 10.2 Å². The molecule has 1 aromatic rings. The average Bonchev–Trinajstić information content (AvgIpc) is 3.16. The second kappa shape index (κ2) is 13.9. The fourth-order valence-corrected chi connectivity index (χ4v) is 4.97. The molecule has 0 bridgehead atoms. The van der Waals surface area contributed by atoms with Gasteiger partial charge in [-0.25, -0.2) is 0 Å². The molecule has 1 atom stereocenters. The molecule has 3 rings (SSSR count). The third kappa shape index (κ3) is 8.08. The summed E-state index contributed by atoms with van der Waals surface area (Å²) in [5, 5.41) is 14.5. The van der Waals surface area contributed by atoms with Crippen molar-refractivity contribution in [3.05, 3.63) is 29.3 Å². The number of unbranched alkanes of at least 4 members (excludes halogenated alkanes) is 10. The Morgan fingerprint density at radius 3 is 2.20 bits per heavy atom. The molecule has 1 fully saturated rings. The zero-order valence-electron chi connectivity index (χ0n) is 20.7. The zero-order valence-corrected chi connectivity index (χ0v) is 20.7. The van der Waals surface area contributed by atoms with Gasteiger partial charge >= 0.3 is 5.97 Å². The maximum absolute atomic E-state index is 12.9. The lowest BCUT2D eigenvalue weighted by Gasteiger charge is -2.29. The van der Waals surface area contributed by atoms with E-state index in [1.807, 2.05) is 18.2 Å². The van der Waals surface area contributed by atoms with Crippen molar-refractivity contribution in [2.45, 2.75) is 102 Å². The molecule has 2 aliphatic heterocycles. The number of anilines is 1. The van der Waals surface area contributed by atoms with E-state index in [9.17, 15) is 19.2 Å². The quantitative estimate of drug-likeness (QED) is 0.232. The van der Waals surface area contributed by atoms with Crippen LogP contribution in [0.2, 0.25) is 0 Å². The van der Waals surface area contributed by atoms with Gasteiger partial charge in [-0.05, 0) is 31.4 Å². The van der Waals surface area contributed by atoms with Crippen LogP contribution in [-0.2, 0) is 20.9 Å². The van der Waals surface area contributed by atoms with Crippen LogP contribution in [0.15, 0.2) is 18.2 Å². The fourth-order valence-electron chi connectivity index (χ4n) is 4.97. The van der Waals surface area contributed by atoms with E-state index in [4.69, 9.17) is 5.11 Å². The summed E-state index contributed by atoms with van der Waals surface area (Å²) in [6.45, 7) is 1.24. The number of carbonyl (C=O) groups is 4. The third-order valence-corrected chi connectivity index (χ3v) is 6.96. The summed E-state index contributed by atoms with van der Waals surface area (Å²) in [6.07, 6.45) is 13.5. The molecule has 0 spiro atoms. The van der Waals surface area contributed by atoms with Gasteiger partial charge in [0.05, 0.1) is 0 Å². The number of aliphatic carboxylic acids is 1. The molecule has 35 heavy (non-hydrogen) atoms. The maximum Gasteiger partial charge on any atom is 0.303 e. The van der Waals surface area contributed by atoms with Gasteiger partial charge in [0, 0.05) is 42.7 Å². The van der Waals surface area contributed by atoms with Gasteiger partial charge in [-0.3, -0.25) is 24.5 Å². The minimum absolute atomic E-state index is 0.140.